The summed E-state index contributed by atoms with van der Waals surface area (Å²) < 4.78 is 35.5. The van der Waals surface area contributed by atoms with Crippen LogP contribution in [-0.4, -0.2) is 35.7 Å². The van der Waals surface area contributed by atoms with Gasteiger partial charge in [-0.2, -0.15) is 13.2 Å². The summed E-state index contributed by atoms with van der Waals surface area (Å²) in [6.45, 7) is 0.544. The predicted molar refractivity (Wildman–Crippen MR) is 57.3 cm³/mol. The van der Waals surface area contributed by atoms with Crippen molar-refractivity contribution in [1.82, 2.24) is 10.6 Å². The van der Waals surface area contributed by atoms with Gasteiger partial charge in [0.05, 0.1) is 5.75 Å². The van der Waals surface area contributed by atoms with E-state index in [4.69, 9.17) is 0 Å². The number of rotatable bonds is 3. The van der Waals surface area contributed by atoms with E-state index in [1.807, 2.05) is 0 Å². The minimum absolute atomic E-state index is 0.326. The molecule has 1 heterocycles. The Labute approximate surface area is 101 Å². The number of nitrogens with one attached hydrogen (secondary N) is 2. The number of alkyl halides is 3. The number of hydrogen-bond donors (Lipinski definition) is 2. The SMILES string of the molecule is O=C(CSC(F)(F)F)N[C@@H]1CCCCNC1=O. The standard InChI is InChI=1S/C9H13F3N2O2S/c10-9(11,12)17-5-7(15)14-6-3-1-2-4-13-8(6)16/h6H,1-5H2,(H,13,16)(H,14,15)/t6-/m1/s1. The Morgan fingerprint density at radius 2 is 2.18 bits per heavy atom. The summed E-state index contributed by atoms with van der Waals surface area (Å²) in [7, 11) is 0. The van der Waals surface area contributed by atoms with Gasteiger partial charge in [-0.3, -0.25) is 9.59 Å². The van der Waals surface area contributed by atoms with Crippen molar-refractivity contribution in [3.8, 4) is 0 Å². The fraction of sp³-hybridized carbons (Fsp3) is 0.778. The lowest BCUT2D eigenvalue weighted by atomic mass is 10.1. The summed E-state index contributed by atoms with van der Waals surface area (Å²) in [6.07, 6.45) is 2.04. The van der Waals surface area contributed by atoms with Crippen molar-refractivity contribution in [1.29, 1.82) is 0 Å². The average Bonchev–Trinajstić information content (AvgIpc) is 2.41. The van der Waals surface area contributed by atoms with Crippen molar-refractivity contribution in [2.75, 3.05) is 12.3 Å². The van der Waals surface area contributed by atoms with Crippen LogP contribution in [0, 0.1) is 0 Å². The molecule has 4 nitrogen and oxygen atoms in total. The normalized spacial score (nSPS) is 21.6. The van der Waals surface area contributed by atoms with Crippen LogP contribution in [0.5, 0.6) is 0 Å². The second-order valence-corrected chi connectivity index (χ2v) is 4.68. The molecule has 0 aromatic rings. The van der Waals surface area contributed by atoms with Crippen LogP contribution < -0.4 is 10.6 Å². The quantitative estimate of drug-likeness (QED) is 0.805. The molecule has 1 fully saturated rings. The first kappa shape index (κ1) is 14.1. The van der Waals surface area contributed by atoms with Gasteiger partial charge >= 0.3 is 5.51 Å². The minimum atomic E-state index is -4.43. The smallest absolute Gasteiger partial charge is 0.354 e. The van der Waals surface area contributed by atoms with Gasteiger partial charge in [-0.15, -0.1) is 0 Å². The zero-order valence-corrected chi connectivity index (χ0v) is 9.79. The van der Waals surface area contributed by atoms with E-state index in [0.29, 0.717) is 13.0 Å². The van der Waals surface area contributed by atoms with Crippen molar-refractivity contribution in [2.24, 2.45) is 0 Å². The van der Waals surface area contributed by atoms with Crippen molar-refractivity contribution in [2.45, 2.75) is 30.8 Å². The van der Waals surface area contributed by atoms with Crippen LogP contribution in [0.4, 0.5) is 13.2 Å². The Bertz CT molecular complexity index is 296. The van der Waals surface area contributed by atoms with Crippen molar-refractivity contribution < 1.29 is 22.8 Å². The van der Waals surface area contributed by atoms with Crippen LogP contribution in [-0.2, 0) is 9.59 Å². The van der Waals surface area contributed by atoms with Crippen LogP contribution in [0.15, 0.2) is 0 Å². The first-order valence-electron chi connectivity index (χ1n) is 5.16. The van der Waals surface area contributed by atoms with E-state index in [9.17, 15) is 22.8 Å². The number of thioether (sulfide) groups is 1. The van der Waals surface area contributed by atoms with Gasteiger partial charge in [0.15, 0.2) is 0 Å². The van der Waals surface area contributed by atoms with Gasteiger partial charge in [0.2, 0.25) is 11.8 Å². The van der Waals surface area contributed by atoms with E-state index in [1.54, 1.807) is 0 Å². The number of hydrogen-bond acceptors (Lipinski definition) is 3. The molecule has 0 aromatic carbocycles. The second kappa shape index (κ2) is 6.13. The largest absolute Gasteiger partial charge is 0.442 e. The van der Waals surface area contributed by atoms with E-state index in [1.165, 1.54) is 0 Å². The number of halogens is 3. The molecule has 0 bridgehead atoms. The van der Waals surface area contributed by atoms with Crippen LogP contribution in [0.25, 0.3) is 0 Å². The molecule has 1 saturated heterocycles. The predicted octanol–water partition coefficient (Wildman–Crippen LogP) is 1.02. The highest BCUT2D eigenvalue weighted by Gasteiger charge is 2.30. The highest BCUT2D eigenvalue weighted by molar-refractivity contribution is 8.00. The second-order valence-electron chi connectivity index (χ2n) is 3.64. The van der Waals surface area contributed by atoms with Gasteiger partial charge in [-0.1, -0.05) is 0 Å². The van der Waals surface area contributed by atoms with Crippen molar-refractivity contribution in [3.05, 3.63) is 0 Å². The minimum Gasteiger partial charge on any atom is -0.354 e. The molecule has 1 rings (SSSR count). The van der Waals surface area contributed by atoms with Crippen LogP contribution in [0.2, 0.25) is 0 Å². The molecular weight excluding hydrogens is 257 g/mol. The molecule has 1 aliphatic heterocycles. The van der Waals surface area contributed by atoms with Gasteiger partial charge < -0.3 is 10.6 Å². The maximum Gasteiger partial charge on any atom is 0.442 e. The molecule has 17 heavy (non-hydrogen) atoms. The fourth-order valence-electron chi connectivity index (χ4n) is 1.46. The average molecular weight is 270 g/mol. The van der Waals surface area contributed by atoms with Gasteiger partial charge in [-0.05, 0) is 31.0 Å². The lowest BCUT2D eigenvalue weighted by Gasteiger charge is -2.15. The highest BCUT2D eigenvalue weighted by atomic mass is 32.2. The molecular formula is C9H13F3N2O2S. The molecule has 98 valence electrons. The molecule has 1 atom stereocenters. The Balaban J connectivity index is 2.36. The first-order valence-corrected chi connectivity index (χ1v) is 6.15. The maximum absolute atomic E-state index is 11.8. The van der Waals surface area contributed by atoms with E-state index < -0.39 is 35.0 Å². The van der Waals surface area contributed by atoms with E-state index in [2.05, 4.69) is 10.6 Å². The fourth-order valence-corrected chi connectivity index (χ4v) is 1.84. The van der Waals surface area contributed by atoms with E-state index in [0.717, 1.165) is 12.8 Å². The summed E-state index contributed by atoms with van der Waals surface area (Å²) in [5, 5.41) is 4.90. The lowest BCUT2D eigenvalue weighted by molar-refractivity contribution is -0.127. The molecule has 2 N–H and O–H groups in total. The van der Waals surface area contributed by atoms with Crippen LogP contribution >= 0.6 is 11.8 Å². The van der Waals surface area contributed by atoms with E-state index in [-0.39, 0.29) is 5.91 Å². The molecule has 0 saturated carbocycles. The third-order valence-electron chi connectivity index (χ3n) is 2.24. The Morgan fingerprint density at radius 3 is 2.82 bits per heavy atom. The summed E-state index contributed by atoms with van der Waals surface area (Å²) in [5.74, 6) is -1.81. The Hall–Kier alpha value is -0.920. The molecule has 2 amide bonds. The third kappa shape index (κ3) is 5.81. The van der Waals surface area contributed by atoms with Gasteiger partial charge in [-0.25, -0.2) is 0 Å². The van der Waals surface area contributed by atoms with Gasteiger partial charge in [0.25, 0.3) is 0 Å². The first-order chi connectivity index (χ1) is 7.88. The molecule has 0 aromatic heterocycles. The zero-order chi connectivity index (χ0) is 12.9. The third-order valence-corrected chi connectivity index (χ3v) is 2.97. The van der Waals surface area contributed by atoms with Crippen molar-refractivity contribution in [3.63, 3.8) is 0 Å². The summed E-state index contributed by atoms with van der Waals surface area (Å²) in [6, 6.07) is -0.709. The maximum atomic E-state index is 11.8. The monoisotopic (exact) mass is 270 g/mol. The Morgan fingerprint density at radius 1 is 1.47 bits per heavy atom. The number of amides is 2. The molecule has 0 unspecified atom stereocenters. The van der Waals surface area contributed by atoms with Crippen LogP contribution in [0.1, 0.15) is 19.3 Å². The molecule has 0 radical (unpaired) electrons. The summed E-state index contributed by atoms with van der Waals surface area (Å²) >= 11 is -0.407. The summed E-state index contributed by atoms with van der Waals surface area (Å²) in [4.78, 5) is 22.6. The number of carbonyl (C=O) groups excluding carboxylic acids is 2. The summed E-state index contributed by atoms with van der Waals surface area (Å²) in [5.41, 5.74) is -4.43. The molecule has 1 aliphatic rings. The zero-order valence-electron chi connectivity index (χ0n) is 8.97. The molecule has 0 aliphatic carbocycles. The van der Waals surface area contributed by atoms with Crippen LogP contribution in [0.3, 0.4) is 0 Å². The lowest BCUT2D eigenvalue weighted by Crippen LogP contribution is -2.46. The van der Waals surface area contributed by atoms with Crippen molar-refractivity contribution >= 4 is 23.6 Å². The topological polar surface area (TPSA) is 58.2 Å². The molecule has 0 spiro atoms. The highest BCUT2D eigenvalue weighted by Crippen LogP contribution is 2.29. The Kier molecular flexibility index (Phi) is 5.10. The van der Waals surface area contributed by atoms with Gasteiger partial charge in [0.1, 0.15) is 6.04 Å². The van der Waals surface area contributed by atoms with E-state index >= 15 is 0 Å². The van der Waals surface area contributed by atoms with Gasteiger partial charge in [0, 0.05) is 6.54 Å². The molecule has 8 heteroatoms. The number of carbonyl (C=O) groups is 2.